The quantitative estimate of drug-likeness (QED) is 0.702. The summed E-state index contributed by atoms with van der Waals surface area (Å²) in [6, 6.07) is 4.62. The van der Waals surface area contributed by atoms with Crippen molar-refractivity contribution in [3.8, 4) is 11.5 Å². The minimum absolute atomic E-state index is 0.0684. The molecule has 2 amide bonds. The Bertz CT molecular complexity index is 753. The van der Waals surface area contributed by atoms with Crippen LogP contribution >= 0.6 is 0 Å². The molecule has 3 rings (SSSR count). The highest BCUT2D eigenvalue weighted by molar-refractivity contribution is 5.99. The molecular formula is C20H26N2O6. The molecule has 2 N–H and O–H groups in total. The van der Waals surface area contributed by atoms with Crippen LogP contribution in [0.5, 0.6) is 11.5 Å². The average Bonchev–Trinajstić information content (AvgIpc) is 3.48. The number of nitrogens with one attached hydrogen (secondary N) is 1. The van der Waals surface area contributed by atoms with E-state index >= 15 is 0 Å². The third-order valence-electron chi connectivity index (χ3n) is 5.08. The zero-order chi connectivity index (χ0) is 20.1. The summed E-state index contributed by atoms with van der Waals surface area (Å²) < 4.78 is 11.2. The van der Waals surface area contributed by atoms with Gasteiger partial charge in [-0.1, -0.05) is 0 Å². The molecule has 2 fully saturated rings. The smallest absolute Gasteiger partial charge is 0.329 e. The number of carboxylic acid groups (broad SMARTS) is 1. The van der Waals surface area contributed by atoms with Crippen molar-refractivity contribution < 1.29 is 29.0 Å². The molecule has 152 valence electrons. The van der Waals surface area contributed by atoms with Crippen molar-refractivity contribution in [2.24, 2.45) is 0 Å². The summed E-state index contributed by atoms with van der Waals surface area (Å²) >= 11 is 0. The average molecular weight is 390 g/mol. The van der Waals surface area contributed by atoms with Crippen LogP contribution in [0.4, 0.5) is 0 Å². The van der Waals surface area contributed by atoms with Gasteiger partial charge in [0, 0.05) is 18.7 Å². The first-order valence-electron chi connectivity index (χ1n) is 9.68. The maximum absolute atomic E-state index is 12.4. The second-order valence-corrected chi connectivity index (χ2v) is 7.17. The summed E-state index contributed by atoms with van der Waals surface area (Å²) in [5.41, 5.74) is -0.871. The minimum atomic E-state index is -1.15. The van der Waals surface area contributed by atoms with E-state index in [1.807, 2.05) is 0 Å². The predicted molar refractivity (Wildman–Crippen MR) is 101 cm³/mol. The Kier molecular flexibility index (Phi) is 6.06. The van der Waals surface area contributed by atoms with E-state index in [4.69, 9.17) is 9.47 Å². The highest BCUT2D eigenvalue weighted by atomic mass is 16.5. The van der Waals surface area contributed by atoms with Crippen molar-refractivity contribution in [2.75, 3.05) is 26.3 Å². The van der Waals surface area contributed by atoms with Gasteiger partial charge in [-0.25, -0.2) is 4.79 Å². The number of carbonyl (C=O) groups is 3. The molecule has 1 aliphatic carbocycles. The summed E-state index contributed by atoms with van der Waals surface area (Å²) in [5, 5.41) is 11.8. The van der Waals surface area contributed by atoms with E-state index in [0.717, 1.165) is 32.4 Å². The standard InChI is InChI=1S/C20H26N2O6/c1-2-27-16-12-14(18(24)21-20(8-9-20)19(25)26)6-7-15(16)28-13-17(23)22-10-4-3-5-11-22/h6-7,12H,2-5,8-11,13H2,1H3,(H,21,24)(H,25,26). The number of benzene rings is 1. The second-order valence-electron chi connectivity index (χ2n) is 7.17. The first-order chi connectivity index (χ1) is 13.4. The van der Waals surface area contributed by atoms with E-state index in [0.29, 0.717) is 30.9 Å². The molecule has 1 aliphatic heterocycles. The zero-order valence-electron chi connectivity index (χ0n) is 16.0. The minimum Gasteiger partial charge on any atom is -0.490 e. The Morgan fingerprint density at radius 2 is 1.82 bits per heavy atom. The number of ether oxygens (including phenoxy) is 2. The number of rotatable bonds is 8. The van der Waals surface area contributed by atoms with E-state index in [9.17, 15) is 19.5 Å². The summed E-state index contributed by atoms with van der Waals surface area (Å²) in [4.78, 5) is 37.8. The summed E-state index contributed by atoms with van der Waals surface area (Å²) in [6.45, 7) is 3.59. The second kappa shape index (κ2) is 8.50. The van der Waals surface area contributed by atoms with Gasteiger partial charge in [-0.3, -0.25) is 9.59 Å². The number of likely N-dealkylation sites (tertiary alicyclic amines) is 1. The molecule has 0 atom stereocenters. The van der Waals surface area contributed by atoms with Crippen molar-refractivity contribution >= 4 is 17.8 Å². The largest absolute Gasteiger partial charge is 0.490 e. The van der Waals surface area contributed by atoms with Gasteiger partial charge in [0.2, 0.25) is 0 Å². The van der Waals surface area contributed by atoms with Gasteiger partial charge in [-0.05, 0) is 57.2 Å². The number of nitrogens with zero attached hydrogens (tertiary/aromatic N) is 1. The van der Waals surface area contributed by atoms with Gasteiger partial charge in [-0.15, -0.1) is 0 Å². The normalized spacial score (nSPS) is 17.5. The Balaban J connectivity index is 1.65. The maximum atomic E-state index is 12.4. The molecule has 0 bridgehead atoms. The Labute approximate surface area is 163 Å². The zero-order valence-corrected chi connectivity index (χ0v) is 16.0. The highest BCUT2D eigenvalue weighted by Crippen LogP contribution is 2.36. The van der Waals surface area contributed by atoms with Gasteiger partial charge in [0.1, 0.15) is 5.54 Å². The van der Waals surface area contributed by atoms with E-state index in [1.54, 1.807) is 17.9 Å². The number of hydrogen-bond acceptors (Lipinski definition) is 5. The Morgan fingerprint density at radius 1 is 1.11 bits per heavy atom. The van der Waals surface area contributed by atoms with Crippen LogP contribution in [-0.4, -0.2) is 59.6 Å². The van der Waals surface area contributed by atoms with Crippen molar-refractivity contribution in [1.29, 1.82) is 0 Å². The molecule has 0 unspecified atom stereocenters. The molecule has 1 saturated carbocycles. The van der Waals surface area contributed by atoms with E-state index in [2.05, 4.69) is 5.32 Å². The van der Waals surface area contributed by atoms with Crippen LogP contribution < -0.4 is 14.8 Å². The molecule has 2 aliphatic rings. The molecule has 8 heteroatoms. The van der Waals surface area contributed by atoms with Gasteiger partial charge in [0.25, 0.3) is 11.8 Å². The monoisotopic (exact) mass is 390 g/mol. The van der Waals surface area contributed by atoms with Crippen LogP contribution in [0.25, 0.3) is 0 Å². The number of aliphatic carboxylic acids is 1. The molecule has 28 heavy (non-hydrogen) atoms. The highest BCUT2D eigenvalue weighted by Gasteiger charge is 2.51. The lowest BCUT2D eigenvalue weighted by atomic mass is 10.1. The third-order valence-corrected chi connectivity index (χ3v) is 5.08. The summed E-state index contributed by atoms with van der Waals surface area (Å²) in [6.07, 6.45) is 4.01. The lowest BCUT2D eigenvalue weighted by Gasteiger charge is -2.26. The fourth-order valence-electron chi connectivity index (χ4n) is 3.22. The van der Waals surface area contributed by atoms with Crippen LogP contribution in [0.2, 0.25) is 0 Å². The van der Waals surface area contributed by atoms with Crippen LogP contribution in [0, 0.1) is 0 Å². The van der Waals surface area contributed by atoms with E-state index < -0.39 is 17.4 Å². The van der Waals surface area contributed by atoms with Crippen molar-refractivity contribution in [3.05, 3.63) is 23.8 Å². The lowest BCUT2D eigenvalue weighted by Crippen LogP contribution is -2.43. The summed E-state index contributed by atoms with van der Waals surface area (Å²) in [5.74, 6) is -0.843. The molecule has 8 nitrogen and oxygen atoms in total. The van der Waals surface area contributed by atoms with Gasteiger partial charge >= 0.3 is 5.97 Å². The molecule has 1 aromatic rings. The Morgan fingerprint density at radius 3 is 2.43 bits per heavy atom. The van der Waals surface area contributed by atoms with E-state index in [1.165, 1.54) is 12.1 Å². The lowest BCUT2D eigenvalue weighted by molar-refractivity contribution is -0.140. The van der Waals surface area contributed by atoms with Crippen LogP contribution in [0.15, 0.2) is 18.2 Å². The van der Waals surface area contributed by atoms with Gasteiger partial charge < -0.3 is 24.8 Å². The number of amides is 2. The fourth-order valence-corrected chi connectivity index (χ4v) is 3.22. The van der Waals surface area contributed by atoms with Crippen LogP contribution in [0.1, 0.15) is 49.4 Å². The SMILES string of the molecule is CCOc1cc(C(=O)NC2(C(=O)O)CC2)ccc1OCC(=O)N1CCCCC1. The topological polar surface area (TPSA) is 105 Å². The summed E-state index contributed by atoms with van der Waals surface area (Å²) in [7, 11) is 0. The Hall–Kier alpha value is -2.77. The van der Waals surface area contributed by atoms with Crippen molar-refractivity contribution in [2.45, 2.75) is 44.6 Å². The van der Waals surface area contributed by atoms with Crippen LogP contribution in [-0.2, 0) is 9.59 Å². The number of piperidine rings is 1. The van der Waals surface area contributed by atoms with Crippen molar-refractivity contribution in [1.82, 2.24) is 10.2 Å². The number of carbonyl (C=O) groups excluding carboxylic acids is 2. The fraction of sp³-hybridized carbons (Fsp3) is 0.550. The van der Waals surface area contributed by atoms with Gasteiger partial charge in [0.05, 0.1) is 6.61 Å². The first kappa shape index (κ1) is 20.0. The predicted octanol–water partition coefficient (Wildman–Crippen LogP) is 1.82. The van der Waals surface area contributed by atoms with E-state index in [-0.39, 0.29) is 18.1 Å². The molecule has 1 heterocycles. The molecule has 1 aromatic carbocycles. The third kappa shape index (κ3) is 4.55. The molecule has 0 aromatic heterocycles. The van der Waals surface area contributed by atoms with Gasteiger partial charge in [0.15, 0.2) is 18.1 Å². The molecular weight excluding hydrogens is 364 g/mol. The maximum Gasteiger partial charge on any atom is 0.329 e. The van der Waals surface area contributed by atoms with Crippen LogP contribution in [0.3, 0.4) is 0 Å². The molecule has 0 radical (unpaired) electrons. The van der Waals surface area contributed by atoms with Crippen molar-refractivity contribution in [3.63, 3.8) is 0 Å². The number of carboxylic acids is 1. The molecule has 0 spiro atoms. The van der Waals surface area contributed by atoms with Gasteiger partial charge in [-0.2, -0.15) is 0 Å². The molecule has 1 saturated heterocycles. The number of hydrogen-bond donors (Lipinski definition) is 2. The first-order valence-corrected chi connectivity index (χ1v) is 9.68.